The van der Waals surface area contributed by atoms with E-state index in [4.69, 9.17) is 0 Å². The molecule has 0 unspecified atom stereocenters. The van der Waals surface area contributed by atoms with Gasteiger partial charge in [0.25, 0.3) is 5.91 Å². The number of nitrogens with zero attached hydrogens (tertiary/aromatic N) is 5. The molecular weight excluding hydrogens is 304 g/mol. The Morgan fingerprint density at radius 1 is 1.12 bits per heavy atom. The van der Waals surface area contributed by atoms with E-state index in [0.29, 0.717) is 11.6 Å². The highest BCUT2D eigenvalue weighted by Crippen LogP contribution is 2.38. The predicted octanol–water partition coefficient (Wildman–Crippen LogP) is 1.49. The molecule has 1 amide bonds. The lowest BCUT2D eigenvalue weighted by Gasteiger charge is -2.32. The molecule has 0 spiro atoms. The first-order chi connectivity index (χ1) is 11.7. The average Bonchev–Trinajstić information content (AvgIpc) is 3.37. The monoisotopic (exact) mass is 326 g/mol. The number of aryl methyl sites for hydroxylation is 1. The second-order valence-electron chi connectivity index (χ2n) is 6.70. The Bertz CT molecular complexity index is 713. The Kier molecular flexibility index (Phi) is 3.92. The van der Waals surface area contributed by atoms with E-state index in [-0.39, 0.29) is 11.9 Å². The largest absolute Gasteiger partial charge is 0.355 e. The van der Waals surface area contributed by atoms with Gasteiger partial charge in [-0.3, -0.25) is 9.48 Å². The molecule has 0 aromatic carbocycles. The maximum Gasteiger partial charge on any atom is 0.271 e. The van der Waals surface area contributed by atoms with Gasteiger partial charge >= 0.3 is 0 Å². The van der Waals surface area contributed by atoms with Gasteiger partial charge in [0.05, 0.1) is 5.69 Å². The molecule has 1 aliphatic carbocycles. The topological polar surface area (TPSA) is 75.9 Å². The van der Waals surface area contributed by atoms with Crippen LogP contribution in [0.5, 0.6) is 0 Å². The van der Waals surface area contributed by atoms with E-state index in [1.165, 1.54) is 12.8 Å². The van der Waals surface area contributed by atoms with Gasteiger partial charge < -0.3 is 10.2 Å². The van der Waals surface area contributed by atoms with Gasteiger partial charge in [-0.05, 0) is 43.9 Å². The second-order valence-corrected chi connectivity index (χ2v) is 6.70. The number of nitrogens with one attached hydrogen (secondary N) is 1. The SMILES string of the molecule is Cn1ccc(C(=O)NC2CCN(c3ccc(C4CC4)nn3)CC2)n1. The van der Waals surface area contributed by atoms with Gasteiger partial charge in [0.1, 0.15) is 5.69 Å². The molecule has 1 aliphatic heterocycles. The summed E-state index contributed by atoms with van der Waals surface area (Å²) in [6.45, 7) is 1.76. The lowest BCUT2D eigenvalue weighted by atomic mass is 10.0. The molecule has 0 bridgehead atoms. The number of aromatic nitrogens is 4. The Morgan fingerprint density at radius 3 is 2.50 bits per heavy atom. The highest BCUT2D eigenvalue weighted by Gasteiger charge is 2.26. The zero-order valence-electron chi connectivity index (χ0n) is 13.9. The number of anilines is 1. The standard InChI is InChI=1S/C17H22N6O/c1-22-9-8-15(21-22)17(24)18-13-6-10-23(11-7-13)16-5-4-14(19-20-16)12-2-3-12/h4-5,8-9,12-13H,2-3,6-7,10-11H2,1H3,(H,18,24). The molecular formula is C17H22N6O. The van der Waals surface area contributed by atoms with Crippen LogP contribution < -0.4 is 10.2 Å². The van der Waals surface area contributed by atoms with Crippen LogP contribution in [-0.2, 0) is 7.05 Å². The van der Waals surface area contributed by atoms with Gasteiger partial charge in [-0.2, -0.15) is 10.2 Å². The van der Waals surface area contributed by atoms with E-state index < -0.39 is 0 Å². The molecule has 1 N–H and O–H groups in total. The molecule has 2 aromatic heterocycles. The van der Waals surface area contributed by atoms with E-state index in [1.807, 2.05) is 7.05 Å². The van der Waals surface area contributed by atoms with Crippen molar-refractivity contribution in [3.05, 3.63) is 35.8 Å². The molecule has 2 fully saturated rings. The summed E-state index contributed by atoms with van der Waals surface area (Å²) < 4.78 is 1.64. The summed E-state index contributed by atoms with van der Waals surface area (Å²) in [6, 6.07) is 6.11. The first-order valence-electron chi connectivity index (χ1n) is 8.58. The molecule has 0 atom stereocenters. The minimum absolute atomic E-state index is 0.0948. The van der Waals surface area contributed by atoms with Crippen molar-refractivity contribution in [3.63, 3.8) is 0 Å². The minimum atomic E-state index is -0.0948. The summed E-state index contributed by atoms with van der Waals surface area (Å²) in [7, 11) is 1.81. The molecule has 4 rings (SSSR count). The molecule has 7 heteroatoms. The number of hydrogen-bond donors (Lipinski definition) is 1. The fraction of sp³-hybridized carbons (Fsp3) is 0.529. The van der Waals surface area contributed by atoms with Crippen LogP contribution in [0.15, 0.2) is 24.4 Å². The molecule has 24 heavy (non-hydrogen) atoms. The van der Waals surface area contributed by atoms with Crippen LogP contribution in [0, 0.1) is 0 Å². The van der Waals surface area contributed by atoms with Gasteiger partial charge in [-0.25, -0.2) is 0 Å². The lowest BCUT2D eigenvalue weighted by Crippen LogP contribution is -2.45. The molecule has 2 aromatic rings. The van der Waals surface area contributed by atoms with Gasteiger partial charge in [0, 0.05) is 38.3 Å². The summed E-state index contributed by atoms with van der Waals surface area (Å²) in [6.07, 6.45) is 6.08. The van der Waals surface area contributed by atoms with Crippen LogP contribution in [-0.4, -0.2) is 45.0 Å². The molecule has 2 aliphatic rings. The highest BCUT2D eigenvalue weighted by atomic mass is 16.2. The second kappa shape index (κ2) is 6.22. The minimum Gasteiger partial charge on any atom is -0.355 e. The van der Waals surface area contributed by atoms with E-state index in [0.717, 1.165) is 37.4 Å². The van der Waals surface area contributed by atoms with E-state index in [9.17, 15) is 4.79 Å². The van der Waals surface area contributed by atoms with Crippen LogP contribution in [0.1, 0.15) is 47.8 Å². The van der Waals surface area contributed by atoms with Crippen LogP contribution in [0.3, 0.4) is 0 Å². The zero-order valence-corrected chi connectivity index (χ0v) is 13.9. The number of carbonyl (C=O) groups is 1. The molecule has 7 nitrogen and oxygen atoms in total. The van der Waals surface area contributed by atoms with Gasteiger partial charge in [-0.1, -0.05) is 0 Å². The normalized spacial score (nSPS) is 18.6. The van der Waals surface area contributed by atoms with E-state index in [1.54, 1.807) is 16.9 Å². The van der Waals surface area contributed by atoms with Crippen LogP contribution in [0.25, 0.3) is 0 Å². The van der Waals surface area contributed by atoms with E-state index >= 15 is 0 Å². The average molecular weight is 326 g/mol. The third-order valence-corrected chi connectivity index (χ3v) is 4.77. The smallest absolute Gasteiger partial charge is 0.271 e. The summed E-state index contributed by atoms with van der Waals surface area (Å²) in [5.74, 6) is 1.48. The van der Waals surface area contributed by atoms with Crippen LogP contribution in [0.2, 0.25) is 0 Å². The Hall–Kier alpha value is -2.44. The van der Waals surface area contributed by atoms with Gasteiger partial charge in [0.2, 0.25) is 0 Å². The van der Waals surface area contributed by atoms with Crippen molar-refractivity contribution in [2.24, 2.45) is 7.05 Å². The van der Waals surface area contributed by atoms with Gasteiger partial charge in [0.15, 0.2) is 5.82 Å². The van der Waals surface area contributed by atoms with Crippen molar-refractivity contribution >= 4 is 11.7 Å². The Morgan fingerprint density at radius 2 is 1.92 bits per heavy atom. The fourth-order valence-electron chi connectivity index (χ4n) is 3.15. The van der Waals surface area contributed by atoms with Crippen molar-refractivity contribution < 1.29 is 4.79 Å². The molecule has 126 valence electrons. The number of hydrogen-bond acceptors (Lipinski definition) is 5. The fourth-order valence-corrected chi connectivity index (χ4v) is 3.15. The van der Waals surface area contributed by atoms with Crippen LogP contribution in [0.4, 0.5) is 5.82 Å². The van der Waals surface area contributed by atoms with E-state index in [2.05, 4.69) is 37.6 Å². The number of piperidine rings is 1. The molecule has 1 saturated heterocycles. The summed E-state index contributed by atoms with van der Waals surface area (Å²) in [5.41, 5.74) is 1.60. The third-order valence-electron chi connectivity index (χ3n) is 4.77. The summed E-state index contributed by atoms with van der Waals surface area (Å²) in [4.78, 5) is 14.4. The van der Waals surface area contributed by atoms with Crippen molar-refractivity contribution in [3.8, 4) is 0 Å². The number of carbonyl (C=O) groups excluding carboxylic acids is 1. The van der Waals surface area contributed by atoms with Crippen molar-refractivity contribution in [2.75, 3.05) is 18.0 Å². The number of rotatable bonds is 4. The van der Waals surface area contributed by atoms with Gasteiger partial charge in [-0.15, -0.1) is 5.10 Å². The van der Waals surface area contributed by atoms with Crippen molar-refractivity contribution in [1.82, 2.24) is 25.3 Å². The van der Waals surface area contributed by atoms with Crippen molar-refractivity contribution in [1.29, 1.82) is 0 Å². The quantitative estimate of drug-likeness (QED) is 0.921. The van der Waals surface area contributed by atoms with Crippen molar-refractivity contribution in [2.45, 2.75) is 37.6 Å². The first-order valence-corrected chi connectivity index (χ1v) is 8.58. The Balaban J connectivity index is 1.30. The maximum atomic E-state index is 12.2. The predicted molar refractivity (Wildman–Crippen MR) is 89.9 cm³/mol. The number of amides is 1. The highest BCUT2D eigenvalue weighted by molar-refractivity contribution is 5.92. The summed E-state index contributed by atoms with van der Waals surface area (Å²) in [5, 5.41) is 15.9. The molecule has 3 heterocycles. The van der Waals surface area contributed by atoms with Crippen LogP contribution >= 0.6 is 0 Å². The first kappa shape index (κ1) is 15.1. The lowest BCUT2D eigenvalue weighted by molar-refractivity contribution is 0.0925. The Labute approximate surface area is 141 Å². The summed E-state index contributed by atoms with van der Waals surface area (Å²) >= 11 is 0. The zero-order chi connectivity index (χ0) is 16.5. The molecule has 0 radical (unpaired) electrons. The maximum absolute atomic E-state index is 12.2. The third kappa shape index (κ3) is 3.25. The molecule has 1 saturated carbocycles.